The molecule has 3 heterocycles. The summed E-state index contributed by atoms with van der Waals surface area (Å²) in [5, 5.41) is 3.44. The summed E-state index contributed by atoms with van der Waals surface area (Å²) in [6.45, 7) is 2.77. The number of anilines is 1. The molecule has 1 aromatic carbocycles. The topological polar surface area (TPSA) is 75.4 Å². The third-order valence-electron chi connectivity index (χ3n) is 4.59. The van der Waals surface area contributed by atoms with Gasteiger partial charge in [0.1, 0.15) is 5.76 Å². The molecular formula is C20H19N3O3S. The molecule has 3 aromatic rings. The van der Waals surface area contributed by atoms with Crippen LogP contribution in [0.3, 0.4) is 0 Å². The number of nitrogens with zero attached hydrogens (tertiary/aromatic N) is 2. The van der Waals surface area contributed by atoms with Crippen molar-refractivity contribution in [2.45, 2.75) is 19.9 Å². The first-order valence-electron chi connectivity index (χ1n) is 8.74. The van der Waals surface area contributed by atoms with Crippen LogP contribution in [-0.4, -0.2) is 28.2 Å². The number of furan rings is 1. The lowest BCUT2D eigenvalue weighted by Crippen LogP contribution is -2.27. The molecule has 0 saturated carbocycles. The van der Waals surface area contributed by atoms with Crippen molar-refractivity contribution in [3.05, 3.63) is 59.4 Å². The van der Waals surface area contributed by atoms with Crippen molar-refractivity contribution in [1.29, 1.82) is 0 Å². The van der Waals surface area contributed by atoms with Crippen LogP contribution in [0, 0.1) is 12.8 Å². The Morgan fingerprint density at radius 3 is 2.85 bits per heavy atom. The van der Waals surface area contributed by atoms with Crippen LogP contribution < -0.4 is 5.32 Å². The Morgan fingerprint density at radius 1 is 1.30 bits per heavy atom. The fourth-order valence-electron chi connectivity index (χ4n) is 3.21. The van der Waals surface area contributed by atoms with Crippen molar-refractivity contribution in [2.75, 3.05) is 11.9 Å². The summed E-state index contributed by atoms with van der Waals surface area (Å²) in [5.41, 5.74) is 1.89. The Bertz CT molecular complexity index is 950. The highest BCUT2D eigenvalue weighted by atomic mass is 32.1. The maximum atomic E-state index is 12.6. The highest BCUT2D eigenvalue weighted by molar-refractivity contribution is 7.16. The first-order valence-corrected chi connectivity index (χ1v) is 9.55. The largest absolute Gasteiger partial charge is 0.467 e. The van der Waals surface area contributed by atoms with E-state index in [1.165, 1.54) is 11.3 Å². The first-order chi connectivity index (χ1) is 13.1. The molecular weight excluding hydrogens is 362 g/mol. The van der Waals surface area contributed by atoms with E-state index in [0.29, 0.717) is 24.0 Å². The number of likely N-dealkylation sites (tertiary alicyclic amines) is 1. The number of aryl methyl sites for hydroxylation is 1. The van der Waals surface area contributed by atoms with Gasteiger partial charge in [-0.05, 0) is 19.1 Å². The minimum Gasteiger partial charge on any atom is -0.467 e. The number of benzene rings is 1. The van der Waals surface area contributed by atoms with Gasteiger partial charge in [-0.15, -0.1) is 11.3 Å². The lowest BCUT2D eigenvalue weighted by Gasteiger charge is -2.14. The number of aromatic nitrogens is 1. The van der Waals surface area contributed by atoms with Gasteiger partial charge in [0.2, 0.25) is 11.8 Å². The van der Waals surface area contributed by atoms with Crippen LogP contribution in [0.25, 0.3) is 11.3 Å². The molecule has 1 N–H and O–H groups in total. The number of hydrogen-bond acceptors (Lipinski definition) is 5. The summed E-state index contributed by atoms with van der Waals surface area (Å²) in [6, 6.07) is 13.5. The summed E-state index contributed by atoms with van der Waals surface area (Å²) < 4.78 is 5.29. The fraction of sp³-hybridized carbons (Fsp3) is 0.250. The SMILES string of the molecule is Cc1sc(NC(=O)[C@H]2CC(=O)N(Cc3ccco3)C2)nc1-c1ccccc1. The van der Waals surface area contributed by atoms with Gasteiger partial charge >= 0.3 is 0 Å². The number of rotatable bonds is 5. The average molecular weight is 381 g/mol. The lowest BCUT2D eigenvalue weighted by atomic mass is 10.1. The standard InChI is InChI=1S/C20H19N3O3S/c1-13-18(14-6-3-2-4-7-14)21-20(27-13)22-19(25)15-10-17(24)23(11-15)12-16-8-5-9-26-16/h2-9,15H,10-12H2,1H3,(H,21,22,25)/t15-/m0/s1. The van der Waals surface area contributed by atoms with Gasteiger partial charge in [0.05, 0.1) is 24.4 Å². The molecule has 1 aliphatic rings. The predicted molar refractivity (Wildman–Crippen MR) is 103 cm³/mol. The van der Waals surface area contributed by atoms with Crippen LogP contribution in [0.4, 0.5) is 5.13 Å². The highest BCUT2D eigenvalue weighted by Crippen LogP contribution is 2.31. The monoisotopic (exact) mass is 381 g/mol. The molecule has 1 aliphatic heterocycles. The molecule has 0 unspecified atom stereocenters. The van der Waals surface area contributed by atoms with Crippen LogP contribution >= 0.6 is 11.3 Å². The van der Waals surface area contributed by atoms with E-state index in [4.69, 9.17) is 4.42 Å². The number of thiazole rings is 1. The van der Waals surface area contributed by atoms with E-state index >= 15 is 0 Å². The molecule has 2 amide bonds. The summed E-state index contributed by atoms with van der Waals surface area (Å²) in [4.78, 5) is 32.1. The maximum Gasteiger partial charge on any atom is 0.231 e. The van der Waals surface area contributed by atoms with Crippen molar-refractivity contribution in [1.82, 2.24) is 9.88 Å². The molecule has 1 saturated heterocycles. The molecule has 4 rings (SSSR count). The number of amides is 2. The van der Waals surface area contributed by atoms with Crippen LogP contribution in [-0.2, 0) is 16.1 Å². The van der Waals surface area contributed by atoms with E-state index in [9.17, 15) is 9.59 Å². The van der Waals surface area contributed by atoms with Gasteiger partial charge in [-0.25, -0.2) is 4.98 Å². The Morgan fingerprint density at radius 2 is 2.11 bits per heavy atom. The van der Waals surface area contributed by atoms with Gasteiger partial charge in [0.25, 0.3) is 0 Å². The third-order valence-corrected chi connectivity index (χ3v) is 5.47. The van der Waals surface area contributed by atoms with Crippen LogP contribution in [0.5, 0.6) is 0 Å². The summed E-state index contributed by atoms with van der Waals surface area (Å²) in [7, 11) is 0. The Kier molecular flexibility index (Phi) is 4.77. The van der Waals surface area contributed by atoms with E-state index in [1.54, 1.807) is 17.2 Å². The second kappa shape index (κ2) is 7.36. The highest BCUT2D eigenvalue weighted by Gasteiger charge is 2.35. The predicted octanol–water partition coefficient (Wildman–Crippen LogP) is 3.70. The maximum absolute atomic E-state index is 12.6. The molecule has 2 aromatic heterocycles. The van der Waals surface area contributed by atoms with E-state index in [-0.39, 0.29) is 24.2 Å². The van der Waals surface area contributed by atoms with E-state index in [2.05, 4.69) is 10.3 Å². The van der Waals surface area contributed by atoms with E-state index < -0.39 is 0 Å². The van der Waals surface area contributed by atoms with Crippen molar-refractivity contribution < 1.29 is 14.0 Å². The van der Waals surface area contributed by atoms with Crippen LogP contribution in [0.15, 0.2) is 53.1 Å². The second-order valence-corrected chi connectivity index (χ2v) is 7.74. The number of nitrogens with one attached hydrogen (secondary N) is 1. The fourth-order valence-corrected chi connectivity index (χ4v) is 4.05. The lowest BCUT2D eigenvalue weighted by molar-refractivity contribution is -0.128. The average Bonchev–Trinajstić information content (AvgIpc) is 3.38. The minimum absolute atomic E-state index is 0.0353. The molecule has 0 bridgehead atoms. The molecule has 0 radical (unpaired) electrons. The van der Waals surface area contributed by atoms with E-state index in [0.717, 1.165) is 16.1 Å². The van der Waals surface area contributed by atoms with Crippen molar-refractivity contribution >= 4 is 28.3 Å². The Hall–Kier alpha value is -2.93. The molecule has 27 heavy (non-hydrogen) atoms. The Labute approximate surface area is 160 Å². The number of carbonyl (C=O) groups is 2. The summed E-state index contributed by atoms with van der Waals surface area (Å²) in [6.07, 6.45) is 1.79. The van der Waals surface area contributed by atoms with Gasteiger partial charge in [0, 0.05) is 23.4 Å². The molecule has 6 nitrogen and oxygen atoms in total. The first kappa shape index (κ1) is 17.5. The minimum atomic E-state index is -0.378. The zero-order chi connectivity index (χ0) is 18.8. The molecule has 0 aliphatic carbocycles. The molecule has 1 fully saturated rings. The molecule has 7 heteroatoms. The second-order valence-electron chi connectivity index (χ2n) is 6.53. The smallest absolute Gasteiger partial charge is 0.231 e. The van der Waals surface area contributed by atoms with Crippen molar-refractivity contribution in [3.63, 3.8) is 0 Å². The summed E-state index contributed by atoms with van der Waals surface area (Å²) >= 11 is 1.45. The molecule has 1 atom stereocenters. The number of carbonyl (C=O) groups excluding carboxylic acids is 2. The third kappa shape index (κ3) is 3.78. The van der Waals surface area contributed by atoms with Gasteiger partial charge in [-0.1, -0.05) is 30.3 Å². The van der Waals surface area contributed by atoms with Gasteiger partial charge < -0.3 is 14.6 Å². The molecule has 0 spiro atoms. The van der Waals surface area contributed by atoms with E-state index in [1.807, 2.05) is 43.3 Å². The van der Waals surface area contributed by atoms with Crippen LogP contribution in [0.2, 0.25) is 0 Å². The summed E-state index contributed by atoms with van der Waals surface area (Å²) in [5.74, 6) is 0.134. The molecule has 138 valence electrons. The van der Waals surface area contributed by atoms with Gasteiger partial charge in [-0.3, -0.25) is 9.59 Å². The van der Waals surface area contributed by atoms with Crippen molar-refractivity contribution in [3.8, 4) is 11.3 Å². The zero-order valence-electron chi connectivity index (χ0n) is 14.8. The quantitative estimate of drug-likeness (QED) is 0.731. The van der Waals surface area contributed by atoms with Gasteiger partial charge in [0.15, 0.2) is 5.13 Å². The zero-order valence-corrected chi connectivity index (χ0v) is 15.7. The van der Waals surface area contributed by atoms with Crippen molar-refractivity contribution in [2.24, 2.45) is 5.92 Å². The normalized spacial score (nSPS) is 16.7. The number of hydrogen-bond donors (Lipinski definition) is 1. The van der Waals surface area contributed by atoms with Crippen LogP contribution in [0.1, 0.15) is 17.1 Å². The Balaban J connectivity index is 1.42. The van der Waals surface area contributed by atoms with Gasteiger partial charge in [-0.2, -0.15) is 0 Å².